The molecule has 0 aliphatic carbocycles. The van der Waals surface area contributed by atoms with Crippen LogP contribution in [0.4, 0.5) is 0 Å². The van der Waals surface area contributed by atoms with Crippen molar-refractivity contribution in [3.63, 3.8) is 0 Å². The minimum Gasteiger partial charge on any atom is -0.391 e. The molecule has 1 aliphatic rings. The molecule has 0 radical (unpaired) electrons. The third-order valence-corrected chi connectivity index (χ3v) is 5.12. The number of β-amino-alcohol motifs (C(OH)–C–C–N with tert-alkyl or cyclic N) is 1. The molecule has 0 aromatic rings. The molecule has 6 nitrogen and oxygen atoms in total. The van der Waals surface area contributed by atoms with Crippen LogP contribution in [0.1, 0.15) is 61.8 Å². The van der Waals surface area contributed by atoms with Crippen LogP contribution in [-0.2, 0) is 14.4 Å². The zero-order chi connectivity index (χ0) is 19.7. The van der Waals surface area contributed by atoms with Crippen LogP contribution in [0.25, 0.3) is 0 Å². The molecular formula is C19H34N2O4. The smallest absolute Gasteiger partial charge is 0.246 e. The molecule has 2 amide bonds. The number of likely N-dealkylation sites (tertiary alicyclic amines) is 1. The number of rotatable bonds is 4. The Labute approximate surface area is 151 Å². The maximum atomic E-state index is 13.1. The first-order valence-electron chi connectivity index (χ1n) is 8.95. The van der Waals surface area contributed by atoms with Crippen molar-refractivity contribution in [2.75, 3.05) is 6.54 Å². The number of amides is 2. The first-order chi connectivity index (χ1) is 11.2. The van der Waals surface area contributed by atoms with E-state index in [4.69, 9.17) is 0 Å². The molecule has 1 aliphatic heterocycles. The molecule has 0 aromatic heterocycles. The summed E-state index contributed by atoms with van der Waals surface area (Å²) in [5.74, 6) is -0.900. The topological polar surface area (TPSA) is 86.7 Å². The molecule has 25 heavy (non-hydrogen) atoms. The van der Waals surface area contributed by atoms with E-state index < -0.39 is 23.6 Å². The molecule has 0 spiro atoms. The monoisotopic (exact) mass is 354 g/mol. The van der Waals surface area contributed by atoms with Crippen molar-refractivity contribution in [2.45, 2.75) is 80.0 Å². The molecular weight excluding hydrogens is 320 g/mol. The molecule has 0 saturated carbocycles. The van der Waals surface area contributed by atoms with Gasteiger partial charge >= 0.3 is 0 Å². The molecule has 1 fully saturated rings. The van der Waals surface area contributed by atoms with Crippen molar-refractivity contribution < 1.29 is 19.5 Å². The van der Waals surface area contributed by atoms with Gasteiger partial charge in [-0.3, -0.25) is 14.4 Å². The highest BCUT2D eigenvalue weighted by Crippen LogP contribution is 2.29. The van der Waals surface area contributed by atoms with Gasteiger partial charge in [-0.1, -0.05) is 48.5 Å². The number of aliphatic hydroxyl groups excluding tert-OH is 1. The Morgan fingerprint density at radius 2 is 1.60 bits per heavy atom. The normalized spacial score (nSPS) is 24.0. The number of Topliss-reactive ketones (excluding diaryl/α,β-unsaturated/α-hetero) is 1. The molecule has 0 aromatic carbocycles. The van der Waals surface area contributed by atoms with Crippen LogP contribution in [0.3, 0.4) is 0 Å². The highest BCUT2D eigenvalue weighted by molar-refractivity contribution is 5.93. The van der Waals surface area contributed by atoms with Crippen LogP contribution >= 0.6 is 0 Å². The first-order valence-corrected chi connectivity index (χ1v) is 8.95. The Balaban J connectivity index is 3.05. The number of hydrogen-bond acceptors (Lipinski definition) is 4. The summed E-state index contributed by atoms with van der Waals surface area (Å²) in [5, 5.41) is 12.8. The van der Waals surface area contributed by atoms with Gasteiger partial charge in [-0.05, 0) is 17.8 Å². The number of nitrogens with zero attached hydrogens (tertiary/aromatic N) is 1. The summed E-state index contributed by atoms with van der Waals surface area (Å²) in [5.41, 5.74) is -0.736. The fourth-order valence-corrected chi connectivity index (χ4v) is 2.92. The van der Waals surface area contributed by atoms with Crippen LogP contribution in [0.15, 0.2) is 0 Å². The van der Waals surface area contributed by atoms with Crippen LogP contribution in [-0.4, -0.2) is 52.3 Å². The van der Waals surface area contributed by atoms with E-state index in [1.807, 2.05) is 48.5 Å². The largest absolute Gasteiger partial charge is 0.391 e. The van der Waals surface area contributed by atoms with Gasteiger partial charge < -0.3 is 15.3 Å². The van der Waals surface area contributed by atoms with E-state index in [-0.39, 0.29) is 41.9 Å². The number of carbonyl (C=O) groups is 3. The minimum absolute atomic E-state index is 0.125. The van der Waals surface area contributed by atoms with E-state index in [0.29, 0.717) is 0 Å². The summed E-state index contributed by atoms with van der Waals surface area (Å²) in [6.45, 7) is 15.0. The van der Waals surface area contributed by atoms with Crippen molar-refractivity contribution in [1.29, 1.82) is 0 Å². The van der Waals surface area contributed by atoms with Crippen molar-refractivity contribution in [3.8, 4) is 0 Å². The zero-order valence-electron chi connectivity index (χ0n) is 16.8. The molecule has 144 valence electrons. The quantitative estimate of drug-likeness (QED) is 0.805. The maximum Gasteiger partial charge on any atom is 0.246 e. The maximum absolute atomic E-state index is 13.1. The lowest BCUT2D eigenvalue weighted by molar-refractivity contribution is -0.144. The van der Waals surface area contributed by atoms with Gasteiger partial charge in [0, 0.05) is 18.9 Å². The summed E-state index contributed by atoms with van der Waals surface area (Å²) in [6.07, 6.45) is -0.452. The predicted octanol–water partition coefficient (Wildman–Crippen LogP) is 1.75. The summed E-state index contributed by atoms with van der Waals surface area (Å²) >= 11 is 0. The Morgan fingerprint density at radius 3 is 2.00 bits per heavy atom. The Hall–Kier alpha value is -1.43. The average molecular weight is 354 g/mol. The van der Waals surface area contributed by atoms with Crippen molar-refractivity contribution >= 4 is 17.6 Å². The fraction of sp³-hybridized carbons (Fsp3) is 0.842. The van der Waals surface area contributed by atoms with Crippen LogP contribution < -0.4 is 5.32 Å². The van der Waals surface area contributed by atoms with Crippen molar-refractivity contribution in [2.24, 2.45) is 16.7 Å². The lowest BCUT2D eigenvalue weighted by Gasteiger charge is -2.37. The SMILES string of the molecule is CC(=O)C1CC(O)CN1C(=O)C(NC(=O)C(C)C(C)(C)C)C(C)(C)C. The third-order valence-electron chi connectivity index (χ3n) is 5.12. The Morgan fingerprint density at radius 1 is 1.08 bits per heavy atom. The molecule has 1 rings (SSSR count). The number of carbonyl (C=O) groups excluding carboxylic acids is 3. The highest BCUT2D eigenvalue weighted by Gasteiger charge is 2.44. The van der Waals surface area contributed by atoms with Gasteiger partial charge in [-0.2, -0.15) is 0 Å². The van der Waals surface area contributed by atoms with E-state index >= 15 is 0 Å². The van der Waals surface area contributed by atoms with Gasteiger partial charge in [-0.25, -0.2) is 0 Å². The molecule has 6 heteroatoms. The lowest BCUT2D eigenvalue weighted by Crippen LogP contribution is -2.58. The lowest BCUT2D eigenvalue weighted by atomic mass is 9.80. The van der Waals surface area contributed by atoms with Gasteiger partial charge in [0.15, 0.2) is 5.78 Å². The second-order valence-corrected chi connectivity index (χ2v) is 9.40. The van der Waals surface area contributed by atoms with Gasteiger partial charge in [0.2, 0.25) is 11.8 Å². The molecule has 1 saturated heterocycles. The molecule has 0 bridgehead atoms. The predicted molar refractivity (Wildman–Crippen MR) is 96.8 cm³/mol. The van der Waals surface area contributed by atoms with Crippen molar-refractivity contribution in [3.05, 3.63) is 0 Å². The van der Waals surface area contributed by atoms with Gasteiger partial charge in [0.05, 0.1) is 12.1 Å². The number of aliphatic hydroxyl groups is 1. The fourth-order valence-electron chi connectivity index (χ4n) is 2.92. The number of hydrogen-bond donors (Lipinski definition) is 2. The summed E-state index contributed by atoms with van der Waals surface area (Å²) in [6, 6.07) is -1.37. The standard InChI is InChI=1S/C19H34N2O4/c1-11(18(3,4)5)16(24)20-15(19(6,7)8)17(25)21-10-13(23)9-14(21)12(2)22/h11,13-15,23H,9-10H2,1-8H3,(H,20,24). The third kappa shape index (κ3) is 5.27. The number of ketones is 1. The first kappa shape index (κ1) is 21.6. The average Bonchev–Trinajstić information content (AvgIpc) is 2.83. The molecule has 2 N–H and O–H groups in total. The van der Waals surface area contributed by atoms with E-state index in [9.17, 15) is 19.5 Å². The molecule has 4 atom stereocenters. The van der Waals surface area contributed by atoms with Crippen LogP contribution in [0.5, 0.6) is 0 Å². The number of nitrogens with one attached hydrogen (secondary N) is 1. The van der Waals surface area contributed by atoms with E-state index in [1.54, 1.807) is 0 Å². The van der Waals surface area contributed by atoms with Crippen LogP contribution in [0.2, 0.25) is 0 Å². The minimum atomic E-state index is -0.753. The summed E-state index contributed by atoms with van der Waals surface area (Å²) in [4.78, 5) is 39.0. The Kier molecular flexibility index (Phi) is 6.43. The zero-order valence-corrected chi connectivity index (χ0v) is 16.8. The van der Waals surface area contributed by atoms with Crippen molar-refractivity contribution in [1.82, 2.24) is 10.2 Å². The van der Waals surface area contributed by atoms with E-state index in [1.165, 1.54) is 11.8 Å². The summed E-state index contributed by atoms with van der Waals surface area (Å²) < 4.78 is 0. The van der Waals surface area contributed by atoms with Gasteiger partial charge in [-0.15, -0.1) is 0 Å². The van der Waals surface area contributed by atoms with Gasteiger partial charge in [0.25, 0.3) is 0 Å². The highest BCUT2D eigenvalue weighted by atomic mass is 16.3. The second-order valence-electron chi connectivity index (χ2n) is 9.40. The van der Waals surface area contributed by atoms with E-state index in [2.05, 4.69) is 5.32 Å². The van der Waals surface area contributed by atoms with E-state index in [0.717, 1.165) is 0 Å². The second kappa shape index (κ2) is 7.44. The molecule has 4 unspecified atom stereocenters. The molecule has 1 heterocycles. The Bertz CT molecular complexity index is 531. The van der Waals surface area contributed by atoms with Gasteiger partial charge in [0.1, 0.15) is 6.04 Å². The summed E-state index contributed by atoms with van der Waals surface area (Å²) in [7, 11) is 0. The van der Waals surface area contributed by atoms with Crippen LogP contribution in [0, 0.1) is 16.7 Å².